The van der Waals surface area contributed by atoms with Crippen LogP contribution in [0.2, 0.25) is 0 Å². The van der Waals surface area contributed by atoms with Crippen LogP contribution in [-0.4, -0.2) is 60.5 Å². The Bertz CT molecular complexity index is 914. The monoisotopic (exact) mass is 454 g/mol. The van der Waals surface area contributed by atoms with Crippen LogP contribution < -0.4 is 15.4 Å². The molecule has 1 unspecified atom stereocenters. The number of carbonyl (C=O) groups excluding carboxylic acids is 3. The molecule has 1 fully saturated rings. The summed E-state index contributed by atoms with van der Waals surface area (Å²) in [6.07, 6.45) is 3.48. The lowest BCUT2D eigenvalue weighted by atomic mass is 10.1. The number of hydrogen-bond acceptors (Lipinski definition) is 6. The summed E-state index contributed by atoms with van der Waals surface area (Å²) in [5.74, 6) is 0.282. The Kier molecular flexibility index (Phi) is 9.19. The summed E-state index contributed by atoms with van der Waals surface area (Å²) < 4.78 is 10.7. The number of carbonyl (C=O) groups is 3. The highest BCUT2D eigenvalue weighted by Crippen LogP contribution is 2.14. The molecule has 1 atom stereocenters. The maximum absolute atomic E-state index is 12.9. The second-order valence-electron chi connectivity index (χ2n) is 7.80. The van der Waals surface area contributed by atoms with E-state index < -0.39 is 0 Å². The summed E-state index contributed by atoms with van der Waals surface area (Å²) in [7, 11) is 1.58. The first-order valence-electron chi connectivity index (χ1n) is 11.0. The van der Waals surface area contributed by atoms with Crippen LogP contribution in [0.4, 0.5) is 5.82 Å². The highest BCUT2D eigenvalue weighted by molar-refractivity contribution is 5.93. The van der Waals surface area contributed by atoms with E-state index in [2.05, 4.69) is 15.6 Å². The van der Waals surface area contributed by atoms with Gasteiger partial charge in [-0.25, -0.2) is 4.98 Å². The van der Waals surface area contributed by atoms with Crippen LogP contribution >= 0.6 is 0 Å². The molecular formula is C24H30N4O5. The molecule has 0 aliphatic carbocycles. The number of nitrogens with zero attached hydrogens (tertiary/aromatic N) is 2. The summed E-state index contributed by atoms with van der Waals surface area (Å²) in [6.45, 7) is 1.29. The van der Waals surface area contributed by atoms with Gasteiger partial charge in [0.1, 0.15) is 11.6 Å². The van der Waals surface area contributed by atoms with Crippen LogP contribution in [0.3, 0.4) is 0 Å². The van der Waals surface area contributed by atoms with Crippen molar-refractivity contribution in [3.05, 3.63) is 54.2 Å². The van der Waals surface area contributed by atoms with Gasteiger partial charge >= 0.3 is 0 Å². The Morgan fingerprint density at radius 2 is 1.94 bits per heavy atom. The maximum Gasteiger partial charge on any atom is 0.239 e. The molecule has 3 rings (SSSR count). The van der Waals surface area contributed by atoms with E-state index in [-0.39, 0.29) is 49.8 Å². The molecular weight excluding hydrogens is 424 g/mol. The Morgan fingerprint density at radius 3 is 2.61 bits per heavy atom. The van der Waals surface area contributed by atoms with E-state index in [1.807, 2.05) is 12.1 Å². The minimum atomic E-state index is -0.311. The molecule has 2 aromatic rings. The minimum Gasteiger partial charge on any atom is -0.497 e. The van der Waals surface area contributed by atoms with Crippen LogP contribution in [0.5, 0.6) is 5.75 Å². The predicted octanol–water partition coefficient (Wildman–Crippen LogP) is 2.13. The minimum absolute atomic E-state index is 0.00788. The topological polar surface area (TPSA) is 110 Å². The summed E-state index contributed by atoms with van der Waals surface area (Å²) in [4.78, 5) is 43.2. The number of ether oxygens (including phenoxy) is 2. The third kappa shape index (κ3) is 8.19. The van der Waals surface area contributed by atoms with Crippen LogP contribution in [0.1, 0.15) is 31.2 Å². The van der Waals surface area contributed by atoms with E-state index in [1.54, 1.807) is 43.6 Å². The summed E-state index contributed by atoms with van der Waals surface area (Å²) in [5.41, 5.74) is 0.856. The van der Waals surface area contributed by atoms with Crippen molar-refractivity contribution in [3.63, 3.8) is 0 Å². The highest BCUT2D eigenvalue weighted by Gasteiger charge is 2.21. The number of anilines is 1. The van der Waals surface area contributed by atoms with Gasteiger partial charge < -0.3 is 25.0 Å². The second-order valence-corrected chi connectivity index (χ2v) is 7.80. The Morgan fingerprint density at radius 1 is 1.12 bits per heavy atom. The van der Waals surface area contributed by atoms with E-state index in [0.29, 0.717) is 24.7 Å². The van der Waals surface area contributed by atoms with E-state index >= 15 is 0 Å². The van der Waals surface area contributed by atoms with Crippen molar-refractivity contribution in [1.29, 1.82) is 0 Å². The van der Waals surface area contributed by atoms with Crippen LogP contribution in [-0.2, 0) is 25.7 Å². The highest BCUT2D eigenvalue weighted by atomic mass is 16.5. The second kappa shape index (κ2) is 12.5. The van der Waals surface area contributed by atoms with Crippen molar-refractivity contribution in [2.24, 2.45) is 0 Å². The zero-order valence-corrected chi connectivity index (χ0v) is 18.8. The van der Waals surface area contributed by atoms with Crippen molar-refractivity contribution >= 4 is 23.5 Å². The fourth-order valence-electron chi connectivity index (χ4n) is 3.47. The lowest BCUT2D eigenvalue weighted by Crippen LogP contribution is -2.42. The van der Waals surface area contributed by atoms with Crippen molar-refractivity contribution in [3.8, 4) is 5.75 Å². The van der Waals surface area contributed by atoms with Crippen molar-refractivity contribution in [1.82, 2.24) is 15.2 Å². The molecule has 1 aliphatic rings. The summed E-state index contributed by atoms with van der Waals surface area (Å²) in [6, 6.07) is 12.5. The van der Waals surface area contributed by atoms with Crippen LogP contribution in [0.25, 0.3) is 0 Å². The lowest BCUT2D eigenvalue weighted by molar-refractivity contribution is -0.137. The number of aromatic nitrogens is 1. The predicted molar refractivity (Wildman–Crippen MR) is 122 cm³/mol. The first-order chi connectivity index (χ1) is 16.0. The van der Waals surface area contributed by atoms with Crippen LogP contribution in [0, 0.1) is 0 Å². The van der Waals surface area contributed by atoms with Crippen molar-refractivity contribution in [2.45, 2.75) is 38.3 Å². The summed E-state index contributed by atoms with van der Waals surface area (Å²) in [5, 5.41) is 5.51. The zero-order chi connectivity index (χ0) is 23.5. The number of rotatable bonds is 11. The quantitative estimate of drug-likeness (QED) is 0.538. The third-order valence-corrected chi connectivity index (χ3v) is 5.27. The number of pyridine rings is 1. The third-order valence-electron chi connectivity index (χ3n) is 5.27. The van der Waals surface area contributed by atoms with E-state index in [9.17, 15) is 14.4 Å². The first kappa shape index (κ1) is 24.2. The van der Waals surface area contributed by atoms with Gasteiger partial charge in [-0.05, 0) is 42.7 Å². The molecule has 33 heavy (non-hydrogen) atoms. The molecule has 2 N–H and O–H groups in total. The Balaban J connectivity index is 1.56. The van der Waals surface area contributed by atoms with E-state index in [1.165, 1.54) is 4.90 Å². The molecule has 1 aromatic heterocycles. The molecule has 3 amide bonds. The Labute approximate surface area is 193 Å². The van der Waals surface area contributed by atoms with Crippen molar-refractivity contribution in [2.75, 3.05) is 32.1 Å². The fraction of sp³-hybridized carbons (Fsp3) is 0.417. The molecule has 0 bridgehead atoms. The molecule has 1 aliphatic heterocycles. The largest absolute Gasteiger partial charge is 0.497 e. The SMILES string of the molecule is COc1ccc(CN(CC(=O)NCC2CCCO2)C(=O)CCC(=O)Nc2ccccn2)cc1. The van der Waals surface area contributed by atoms with Gasteiger partial charge in [0.25, 0.3) is 0 Å². The van der Waals surface area contributed by atoms with E-state index in [4.69, 9.17) is 9.47 Å². The number of nitrogens with one attached hydrogen (secondary N) is 2. The molecule has 9 heteroatoms. The maximum atomic E-state index is 12.9. The molecule has 176 valence electrons. The van der Waals surface area contributed by atoms with Gasteiger partial charge in [0.2, 0.25) is 17.7 Å². The van der Waals surface area contributed by atoms with Gasteiger partial charge in [0, 0.05) is 38.7 Å². The first-order valence-corrected chi connectivity index (χ1v) is 11.0. The van der Waals surface area contributed by atoms with Crippen LogP contribution in [0.15, 0.2) is 48.7 Å². The standard InChI is InChI=1S/C24H30N4O5/c1-32-19-9-7-18(8-10-19)16-28(17-23(30)26-15-20-5-4-14-33-20)24(31)12-11-22(29)27-21-6-2-3-13-25-21/h2-3,6-10,13,20H,4-5,11-12,14-17H2,1H3,(H,26,30)(H,25,27,29). The molecule has 1 aromatic carbocycles. The van der Waals surface area contributed by atoms with Gasteiger partial charge in [0.05, 0.1) is 19.8 Å². The number of hydrogen-bond donors (Lipinski definition) is 2. The zero-order valence-electron chi connectivity index (χ0n) is 18.8. The molecule has 0 spiro atoms. The van der Waals surface area contributed by atoms with Crippen molar-refractivity contribution < 1.29 is 23.9 Å². The van der Waals surface area contributed by atoms with Gasteiger partial charge in [-0.1, -0.05) is 18.2 Å². The molecule has 2 heterocycles. The Hall–Kier alpha value is -3.46. The van der Waals surface area contributed by atoms with E-state index in [0.717, 1.165) is 18.4 Å². The normalized spacial score (nSPS) is 15.0. The summed E-state index contributed by atoms with van der Waals surface area (Å²) >= 11 is 0. The van der Waals surface area contributed by atoms with Gasteiger partial charge in [-0.15, -0.1) is 0 Å². The molecule has 9 nitrogen and oxygen atoms in total. The average Bonchev–Trinajstić information content (AvgIpc) is 3.36. The van der Waals surface area contributed by atoms with Gasteiger partial charge in [-0.3, -0.25) is 14.4 Å². The fourth-order valence-corrected chi connectivity index (χ4v) is 3.47. The van der Waals surface area contributed by atoms with Gasteiger partial charge in [-0.2, -0.15) is 0 Å². The number of methoxy groups -OCH3 is 1. The van der Waals surface area contributed by atoms with Gasteiger partial charge in [0.15, 0.2) is 0 Å². The number of benzene rings is 1. The molecule has 0 radical (unpaired) electrons. The average molecular weight is 455 g/mol. The molecule has 1 saturated heterocycles. The smallest absolute Gasteiger partial charge is 0.239 e. The lowest BCUT2D eigenvalue weighted by Gasteiger charge is -2.23. The number of amides is 3. The molecule has 0 saturated carbocycles.